The number of carbonyl (C=O) groups excluding carboxylic acids is 10. The van der Waals surface area contributed by atoms with E-state index < -0.39 is 98.2 Å². The molecule has 21 nitrogen and oxygen atoms in total. The quantitative estimate of drug-likeness (QED) is 0.0247. The molecule has 0 aliphatic heterocycles. The topological polar surface area (TPSA) is 339 Å². The van der Waals surface area contributed by atoms with Gasteiger partial charge in [-0.1, -0.05) is 220 Å². The molecule has 0 fully saturated rings. The van der Waals surface area contributed by atoms with Gasteiger partial charge in [0.15, 0.2) is 0 Å². The Morgan fingerprint density at radius 3 is 1.02 bits per heavy atom. The Labute approximate surface area is 557 Å². The number of hydrogen-bond acceptors (Lipinski definition) is 11. The van der Waals surface area contributed by atoms with Gasteiger partial charge in [-0.05, 0) is 64.6 Å². The van der Waals surface area contributed by atoms with Crippen LogP contribution in [0.5, 0.6) is 0 Å². The summed E-state index contributed by atoms with van der Waals surface area (Å²) in [5, 5.41) is 21.1. The van der Waals surface area contributed by atoms with Gasteiger partial charge in [0.05, 0.1) is 25.9 Å². The Morgan fingerprint density at radius 1 is 0.415 bits per heavy atom. The summed E-state index contributed by atoms with van der Waals surface area (Å²) in [6.45, 7) is 30.5. The second-order valence-corrected chi connectivity index (χ2v) is 38.7. The third-order valence-electron chi connectivity index (χ3n) is 16.3. The Balaban J connectivity index is 0.000000490. The fourth-order valence-corrected chi connectivity index (χ4v) is 20.9. The monoisotopic (exact) mass is 1340 g/mol. The normalized spacial score (nSPS) is 13.3. The van der Waals surface area contributed by atoms with Crippen molar-refractivity contribution in [1.29, 1.82) is 0 Å². The van der Waals surface area contributed by atoms with Gasteiger partial charge >= 0.3 is 0 Å². The average molecular weight is 1340 g/mol. The Kier molecular flexibility index (Phi) is 30.2. The molecule has 0 saturated carbocycles. The first kappa shape index (κ1) is 80.1. The van der Waals surface area contributed by atoms with Crippen molar-refractivity contribution >= 4 is 86.2 Å². The van der Waals surface area contributed by atoms with E-state index in [2.05, 4.69) is 84.1 Å². The molecule has 0 bridgehead atoms. The van der Waals surface area contributed by atoms with Crippen LogP contribution in [0, 0.1) is 11.8 Å². The molecule has 4 atom stereocenters. The number of benzene rings is 4. The maximum absolute atomic E-state index is 16.6. The molecular weight excluding hydrogens is 1230 g/mol. The summed E-state index contributed by atoms with van der Waals surface area (Å²) in [6.07, 6.45) is 0.246. The predicted octanol–water partition coefficient (Wildman–Crippen LogP) is 4.88. The highest BCUT2D eigenvalue weighted by Gasteiger charge is 2.57. The number of hydrogen-bond donors (Lipinski definition) is 11. The molecule has 13 N–H and O–H groups in total. The average Bonchev–Trinajstić information content (AvgIpc) is 0.757. The lowest BCUT2D eigenvalue weighted by atomic mass is 10.0. The van der Waals surface area contributed by atoms with Crippen LogP contribution >= 0.6 is 0 Å². The van der Waals surface area contributed by atoms with Crippen LogP contribution in [0.2, 0.25) is 20.2 Å². The van der Waals surface area contributed by atoms with E-state index in [9.17, 15) is 52.7 Å². The fourth-order valence-electron chi connectivity index (χ4n) is 11.7. The second-order valence-electron chi connectivity index (χ2n) is 28.8. The molecule has 0 heterocycles. The number of primary amides is 2. The first-order chi connectivity index (χ1) is 43.5. The minimum Gasteiger partial charge on any atom is -0.426 e. The number of rotatable bonds is 30. The first-order valence-electron chi connectivity index (χ1n) is 32.0. The van der Waals surface area contributed by atoms with Gasteiger partial charge < -0.3 is 62.9 Å². The molecule has 0 aliphatic rings. The van der Waals surface area contributed by atoms with Gasteiger partial charge in [-0.15, -0.1) is 0 Å². The van der Waals surface area contributed by atoms with E-state index in [1.54, 1.807) is 38.1 Å². The summed E-state index contributed by atoms with van der Waals surface area (Å²) in [7, 11) is -6.36. The van der Waals surface area contributed by atoms with Crippen LogP contribution < -0.4 is 64.4 Å². The molecule has 0 spiro atoms. The Hall–Kier alpha value is -8.10. The second kappa shape index (κ2) is 35.4. The Morgan fingerprint density at radius 2 is 0.734 bits per heavy atom. The SMILES string of the molecule is CC(C)[C@H](NC(=O)Cc1ccc([Si](F)(C(C)(C)C)C(C)(C)C)cc1)C(=O)NCCC(=O)N[C@@H](Cc1ccccc1)C(=O)NCC(N)=O.CC(C)[C@H](NC(=O)Cc1ccc([Si](O)(C(C)(C)C)C(C)(C)C)cc1)C(=O)NCCC(=O)N[C@@H](Cc1ccccc1)C(=O)NCC(N)=O. The summed E-state index contributed by atoms with van der Waals surface area (Å²) in [6, 6.07) is 29.2. The molecule has 24 heteroatoms. The maximum Gasteiger partial charge on any atom is 0.288 e. The number of halogens is 1. The van der Waals surface area contributed by atoms with Gasteiger partial charge in [-0.25, -0.2) is 0 Å². The van der Waals surface area contributed by atoms with Gasteiger partial charge in [-0.2, -0.15) is 0 Å². The molecule has 0 unspecified atom stereocenters. The van der Waals surface area contributed by atoms with E-state index in [1.165, 1.54) is 0 Å². The van der Waals surface area contributed by atoms with E-state index >= 15 is 4.11 Å². The standard InChI is InChI=1S/C35H52FN5O5Si.C35H53N5O6Si/c1-23(2)31(41-30(44)21-25-14-16-26(17-15-25)47(36,34(3,4)5)35(6,7)8)33(46)38-19-18-29(43)40-27(32(45)39-22-28(37)42)20-24-12-10-9-11-13-24;1-23(2)31(40-30(43)21-25-14-16-26(17-15-25)47(46,34(3,4)5)35(6,7)8)33(45)37-19-18-29(42)39-27(32(44)38-22-28(36)41)20-24-12-10-9-11-13-24/h9-17,23,27,31H,18-22H2,1-8H3,(H2,37,42)(H,38,46)(H,39,45)(H,40,43)(H,41,44);9-17,23,27,31,46H,18-22H2,1-8H3,(H2,36,41)(H,37,45)(H,38,44)(H,39,42)(H,40,43)/t2*27-,31-/m00/s1. The lowest BCUT2D eigenvalue weighted by molar-refractivity contribution is -0.131. The van der Waals surface area contributed by atoms with Crippen molar-refractivity contribution in [3.05, 3.63) is 131 Å². The zero-order chi connectivity index (χ0) is 71.2. The third-order valence-corrected chi connectivity index (χ3v) is 27.0. The minimum atomic E-state index is -3.43. The molecule has 94 heavy (non-hydrogen) atoms. The van der Waals surface area contributed by atoms with E-state index in [4.69, 9.17) is 11.5 Å². The smallest absolute Gasteiger partial charge is 0.288 e. The summed E-state index contributed by atoms with van der Waals surface area (Å²) < 4.78 is 16.6. The summed E-state index contributed by atoms with van der Waals surface area (Å²) in [5.41, 5.74) is 13.3. The van der Waals surface area contributed by atoms with Crippen molar-refractivity contribution in [3.8, 4) is 0 Å². The number of amides is 10. The van der Waals surface area contributed by atoms with Crippen molar-refractivity contribution in [2.45, 2.75) is 194 Å². The van der Waals surface area contributed by atoms with Crippen LogP contribution in [-0.2, 0) is 73.6 Å². The molecule has 4 rings (SSSR count). The molecule has 0 radical (unpaired) electrons. The number of nitrogens with two attached hydrogens (primary N) is 2. The maximum atomic E-state index is 16.6. The first-order valence-corrected chi connectivity index (χ1v) is 35.9. The van der Waals surface area contributed by atoms with Crippen molar-refractivity contribution in [2.24, 2.45) is 23.3 Å². The van der Waals surface area contributed by atoms with E-state index in [0.717, 1.165) is 21.9 Å². The highest BCUT2D eigenvalue weighted by molar-refractivity contribution is 6.91. The highest BCUT2D eigenvalue weighted by Crippen LogP contribution is 2.51. The molecule has 516 valence electrons. The van der Waals surface area contributed by atoms with E-state index in [0.29, 0.717) is 10.8 Å². The van der Waals surface area contributed by atoms with Crippen molar-refractivity contribution in [1.82, 2.24) is 42.5 Å². The highest BCUT2D eigenvalue weighted by atomic mass is 28.4. The van der Waals surface area contributed by atoms with Gasteiger partial charge in [0.2, 0.25) is 67.4 Å². The molecule has 4 aromatic rings. The van der Waals surface area contributed by atoms with Crippen LogP contribution in [0.25, 0.3) is 0 Å². The largest absolute Gasteiger partial charge is 0.426 e. The lowest BCUT2D eigenvalue weighted by Crippen LogP contribution is -2.61. The third kappa shape index (κ3) is 24.3. The van der Waals surface area contributed by atoms with Gasteiger partial charge in [-0.3, -0.25) is 47.9 Å². The summed E-state index contributed by atoms with van der Waals surface area (Å²) in [4.78, 5) is 137. The van der Waals surface area contributed by atoms with Crippen LogP contribution in [0.3, 0.4) is 0 Å². The van der Waals surface area contributed by atoms with Crippen LogP contribution in [0.15, 0.2) is 109 Å². The van der Waals surface area contributed by atoms with E-state index in [1.807, 2.05) is 140 Å². The predicted molar refractivity (Wildman–Crippen MR) is 371 cm³/mol. The van der Waals surface area contributed by atoms with Crippen LogP contribution in [0.4, 0.5) is 4.11 Å². The molecule has 4 aromatic carbocycles. The van der Waals surface area contributed by atoms with Crippen LogP contribution in [-0.4, -0.2) is 131 Å². The van der Waals surface area contributed by atoms with Gasteiger partial charge in [0.1, 0.15) is 24.2 Å². The van der Waals surface area contributed by atoms with Crippen molar-refractivity contribution < 1.29 is 56.8 Å². The van der Waals surface area contributed by atoms with E-state index in [-0.39, 0.29) is 98.4 Å². The fraction of sp³-hybridized carbons (Fsp3) is 0.514. The molecule has 0 saturated heterocycles. The number of nitrogens with one attached hydrogen (secondary N) is 8. The molecule has 0 aromatic heterocycles. The molecular formula is C70H105FN10O11Si2. The Bertz CT molecular complexity index is 2960. The molecule has 0 aliphatic carbocycles. The summed E-state index contributed by atoms with van der Waals surface area (Å²) >= 11 is 0. The minimum absolute atomic E-state index is 0.0134. The zero-order valence-electron chi connectivity index (χ0n) is 58.0. The lowest BCUT2D eigenvalue weighted by Gasteiger charge is -2.47. The van der Waals surface area contributed by atoms with Gasteiger partial charge in [0.25, 0.3) is 8.41 Å². The summed E-state index contributed by atoms with van der Waals surface area (Å²) in [5.74, 6) is -5.49. The van der Waals surface area contributed by atoms with Gasteiger partial charge in [0, 0.05) is 38.8 Å². The zero-order valence-corrected chi connectivity index (χ0v) is 60.0. The number of carbonyl (C=O) groups is 10. The molecule has 10 amide bonds. The van der Waals surface area contributed by atoms with Crippen molar-refractivity contribution in [2.75, 3.05) is 26.2 Å². The van der Waals surface area contributed by atoms with Crippen molar-refractivity contribution in [3.63, 3.8) is 0 Å². The van der Waals surface area contributed by atoms with Crippen LogP contribution in [0.1, 0.15) is 146 Å².